The summed E-state index contributed by atoms with van der Waals surface area (Å²) >= 11 is 0. The van der Waals surface area contributed by atoms with Gasteiger partial charge in [0.25, 0.3) is 0 Å². The van der Waals surface area contributed by atoms with Gasteiger partial charge in [-0.25, -0.2) is 0 Å². The number of hydrogen-bond acceptors (Lipinski definition) is 3. The standard InChI is InChI=1S/C11H18N2O/c1-8-9(4-3-5-10(8)12)11(2,13)6-7-14/h3-5,14H,6-7,12-13H2,1-2H3. The molecule has 1 rings (SSSR count). The first kappa shape index (κ1) is 11.0. The Morgan fingerprint density at radius 3 is 2.64 bits per heavy atom. The number of nitrogens with two attached hydrogens (primary N) is 2. The van der Waals surface area contributed by atoms with E-state index in [2.05, 4.69) is 0 Å². The van der Waals surface area contributed by atoms with E-state index in [4.69, 9.17) is 16.6 Å². The summed E-state index contributed by atoms with van der Waals surface area (Å²) in [6.45, 7) is 3.94. The zero-order valence-corrected chi connectivity index (χ0v) is 8.75. The minimum Gasteiger partial charge on any atom is -0.399 e. The molecule has 0 bridgehead atoms. The van der Waals surface area contributed by atoms with Crippen LogP contribution in [0.5, 0.6) is 0 Å². The van der Waals surface area contributed by atoms with Gasteiger partial charge in [-0.15, -0.1) is 0 Å². The highest BCUT2D eigenvalue weighted by Gasteiger charge is 2.22. The molecule has 0 aliphatic carbocycles. The molecule has 1 aromatic rings. The van der Waals surface area contributed by atoms with Crippen molar-refractivity contribution in [1.29, 1.82) is 0 Å². The number of nitrogen functional groups attached to an aromatic ring is 1. The van der Waals surface area contributed by atoms with E-state index in [1.54, 1.807) is 0 Å². The lowest BCUT2D eigenvalue weighted by molar-refractivity contribution is 0.247. The topological polar surface area (TPSA) is 72.3 Å². The number of aliphatic hydroxyl groups excluding tert-OH is 1. The van der Waals surface area contributed by atoms with Crippen LogP contribution in [0.25, 0.3) is 0 Å². The predicted molar refractivity (Wildman–Crippen MR) is 58.8 cm³/mol. The maximum Gasteiger partial charge on any atom is 0.0451 e. The van der Waals surface area contributed by atoms with Crippen molar-refractivity contribution < 1.29 is 5.11 Å². The molecule has 1 atom stereocenters. The Morgan fingerprint density at radius 2 is 2.07 bits per heavy atom. The molecule has 1 aromatic carbocycles. The highest BCUT2D eigenvalue weighted by molar-refractivity contribution is 5.51. The molecule has 0 aromatic heterocycles. The van der Waals surface area contributed by atoms with Crippen LogP contribution < -0.4 is 11.5 Å². The summed E-state index contributed by atoms with van der Waals surface area (Å²) in [6.07, 6.45) is 0.539. The first-order valence-corrected chi connectivity index (χ1v) is 4.74. The monoisotopic (exact) mass is 194 g/mol. The van der Waals surface area contributed by atoms with Gasteiger partial charge in [0.05, 0.1) is 0 Å². The molecule has 0 saturated carbocycles. The lowest BCUT2D eigenvalue weighted by Gasteiger charge is -2.26. The van der Waals surface area contributed by atoms with E-state index in [9.17, 15) is 0 Å². The van der Waals surface area contributed by atoms with Gasteiger partial charge < -0.3 is 16.6 Å². The van der Waals surface area contributed by atoms with Crippen molar-refractivity contribution >= 4 is 5.69 Å². The second-order valence-corrected chi connectivity index (χ2v) is 3.91. The molecule has 1 unspecified atom stereocenters. The van der Waals surface area contributed by atoms with Gasteiger partial charge in [0.1, 0.15) is 0 Å². The molecule has 0 aliphatic heterocycles. The quantitative estimate of drug-likeness (QED) is 0.632. The molecule has 0 fully saturated rings. The van der Waals surface area contributed by atoms with E-state index >= 15 is 0 Å². The zero-order chi connectivity index (χ0) is 10.8. The van der Waals surface area contributed by atoms with Crippen LogP contribution in [0.3, 0.4) is 0 Å². The van der Waals surface area contributed by atoms with Crippen molar-refractivity contribution in [2.75, 3.05) is 12.3 Å². The van der Waals surface area contributed by atoms with Gasteiger partial charge in [-0.2, -0.15) is 0 Å². The van der Waals surface area contributed by atoms with E-state index in [-0.39, 0.29) is 6.61 Å². The van der Waals surface area contributed by atoms with Gasteiger partial charge >= 0.3 is 0 Å². The van der Waals surface area contributed by atoms with Crippen LogP contribution in [0, 0.1) is 6.92 Å². The zero-order valence-electron chi connectivity index (χ0n) is 8.75. The lowest BCUT2D eigenvalue weighted by Crippen LogP contribution is -2.35. The van der Waals surface area contributed by atoms with E-state index in [1.165, 1.54) is 0 Å². The Kier molecular flexibility index (Phi) is 3.13. The van der Waals surface area contributed by atoms with E-state index in [0.29, 0.717) is 6.42 Å². The van der Waals surface area contributed by atoms with Crippen LogP contribution in [-0.2, 0) is 5.54 Å². The molecular weight excluding hydrogens is 176 g/mol. The second-order valence-electron chi connectivity index (χ2n) is 3.91. The summed E-state index contributed by atoms with van der Waals surface area (Å²) in [4.78, 5) is 0. The molecule has 0 saturated heterocycles. The molecule has 3 heteroatoms. The minimum absolute atomic E-state index is 0.0846. The van der Waals surface area contributed by atoms with Crippen molar-refractivity contribution in [3.8, 4) is 0 Å². The second kappa shape index (κ2) is 3.98. The summed E-state index contributed by atoms with van der Waals surface area (Å²) in [6, 6.07) is 5.70. The van der Waals surface area contributed by atoms with Crippen LogP contribution in [0.1, 0.15) is 24.5 Å². The maximum atomic E-state index is 8.91. The summed E-state index contributed by atoms with van der Waals surface area (Å²) in [7, 11) is 0. The van der Waals surface area contributed by atoms with Gasteiger partial charge in [0, 0.05) is 17.8 Å². The van der Waals surface area contributed by atoms with Gasteiger partial charge in [0.2, 0.25) is 0 Å². The molecule has 0 amide bonds. The van der Waals surface area contributed by atoms with Crippen LogP contribution in [-0.4, -0.2) is 11.7 Å². The fourth-order valence-corrected chi connectivity index (χ4v) is 1.64. The molecule has 3 nitrogen and oxygen atoms in total. The Hall–Kier alpha value is -1.06. The molecule has 78 valence electrons. The molecule has 0 aliphatic rings. The Morgan fingerprint density at radius 1 is 1.43 bits per heavy atom. The molecule has 14 heavy (non-hydrogen) atoms. The van der Waals surface area contributed by atoms with Gasteiger partial charge in [-0.05, 0) is 37.5 Å². The number of anilines is 1. The number of benzene rings is 1. The Bertz CT molecular complexity index is 321. The third-order valence-electron chi connectivity index (χ3n) is 2.62. The fraction of sp³-hybridized carbons (Fsp3) is 0.455. The number of aliphatic hydroxyl groups is 1. The summed E-state index contributed by atoms with van der Waals surface area (Å²) in [5, 5.41) is 8.91. The average Bonchev–Trinajstić information content (AvgIpc) is 2.09. The number of rotatable bonds is 3. The summed E-state index contributed by atoms with van der Waals surface area (Å²) in [5.41, 5.74) is 14.2. The van der Waals surface area contributed by atoms with Gasteiger partial charge in [-0.3, -0.25) is 0 Å². The SMILES string of the molecule is Cc1c(N)cccc1C(C)(N)CCO. The van der Waals surface area contributed by atoms with Crippen LogP contribution >= 0.6 is 0 Å². The first-order chi connectivity index (χ1) is 6.49. The van der Waals surface area contributed by atoms with Crippen molar-refractivity contribution in [3.05, 3.63) is 29.3 Å². The molecule has 0 spiro atoms. The maximum absolute atomic E-state index is 8.91. The predicted octanol–water partition coefficient (Wildman–Crippen LogP) is 1.13. The fourth-order valence-electron chi connectivity index (χ4n) is 1.64. The number of hydrogen-bond donors (Lipinski definition) is 3. The normalized spacial score (nSPS) is 15.1. The van der Waals surface area contributed by atoms with Crippen LogP contribution in [0.15, 0.2) is 18.2 Å². The molecule has 0 radical (unpaired) electrons. The first-order valence-electron chi connectivity index (χ1n) is 4.74. The highest BCUT2D eigenvalue weighted by Crippen LogP contribution is 2.27. The van der Waals surface area contributed by atoms with Crippen molar-refractivity contribution in [2.45, 2.75) is 25.8 Å². The van der Waals surface area contributed by atoms with E-state index < -0.39 is 5.54 Å². The van der Waals surface area contributed by atoms with Crippen molar-refractivity contribution in [2.24, 2.45) is 5.73 Å². The molecular formula is C11H18N2O. The van der Waals surface area contributed by atoms with Gasteiger partial charge in [-0.1, -0.05) is 12.1 Å². The van der Waals surface area contributed by atoms with Crippen LogP contribution in [0.4, 0.5) is 5.69 Å². The Balaban J connectivity index is 3.12. The largest absolute Gasteiger partial charge is 0.399 e. The third kappa shape index (κ3) is 2.05. The van der Waals surface area contributed by atoms with Crippen molar-refractivity contribution in [1.82, 2.24) is 0 Å². The highest BCUT2D eigenvalue weighted by atomic mass is 16.3. The van der Waals surface area contributed by atoms with E-state index in [1.807, 2.05) is 32.0 Å². The molecule has 5 N–H and O–H groups in total. The minimum atomic E-state index is -0.506. The molecule has 0 heterocycles. The summed E-state index contributed by atoms with van der Waals surface area (Å²) < 4.78 is 0. The average molecular weight is 194 g/mol. The third-order valence-corrected chi connectivity index (χ3v) is 2.62. The summed E-state index contributed by atoms with van der Waals surface area (Å²) in [5.74, 6) is 0. The van der Waals surface area contributed by atoms with Crippen LogP contribution in [0.2, 0.25) is 0 Å². The van der Waals surface area contributed by atoms with Crippen molar-refractivity contribution in [3.63, 3.8) is 0 Å². The van der Waals surface area contributed by atoms with Gasteiger partial charge in [0.15, 0.2) is 0 Å². The van der Waals surface area contributed by atoms with E-state index in [0.717, 1.165) is 16.8 Å². The smallest absolute Gasteiger partial charge is 0.0451 e. The Labute approximate surface area is 84.7 Å². The lowest BCUT2D eigenvalue weighted by atomic mass is 9.86.